The van der Waals surface area contributed by atoms with E-state index in [0.29, 0.717) is 23.9 Å². The van der Waals surface area contributed by atoms with Gasteiger partial charge in [0.1, 0.15) is 19.8 Å². The van der Waals surface area contributed by atoms with E-state index in [1.807, 2.05) is 21.1 Å². The highest BCUT2D eigenvalue weighted by molar-refractivity contribution is 7.45. The summed E-state index contributed by atoms with van der Waals surface area (Å²) >= 11 is 0. The van der Waals surface area contributed by atoms with E-state index in [1.165, 1.54) is 122 Å². The molecule has 0 spiro atoms. The van der Waals surface area contributed by atoms with Crippen LogP contribution in [-0.4, -0.2) is 70.0 Å². The van der Waals surface area contributed by atoms with Crippen LogP contribution in [0.1, 0.15) is 284 Å². The SMILES string of the molecule is CC/C=C\C/C=C\C/C=C\C/C=C\C/C=C\C/C=C\CCCCCCCCCCCCCCCCCCCCCCCCC(=O)OC(COC(=O)CCCCCC/C=C\C/C=C\C/C=C\C/C=C\C/C=C\C/C=C\CC)COP(=O)([O-])OCC[N+](C)(C)C. The van der Waals surface area contributed by atoms with Gasteiger partial charge in [0, 0.05) is 12.8 Å². The molecule has 10 heteroatoms. The Hall–Kier alpha value is -4.11. The van der Waals surface area contributed by atoms with Crippen LogP contribution in [0, 0.1) is 0 Å². The second kappa shape index (κ2) is 67.3. The van der Waals surface area contributed by atoms with Gasteiger partial charge in [-0.2, -0.15) is 0 Å². The number of ether oxygens (including phenoxy) is 2. The molecule has 502 valence electrons. The van der Waals surface area contributed by atoms with Gasteiger partial charge >= 0.3 is 11.9 Å². The van der Waals surface area contributed by atoms with Crippen molar-refractivity contribution in [1.82, 2.24) is 0 Å². The highest BCUT2D eigenvalue weighted by Crippen LogP contribution is 2.38. The minimum Gasteiger partial charge on any atom is -0.756 e. The van der Waals surface area contributed by atoms with E-state index in [4.69, 9.17) is 18.5 Å². The summed E-state index contributed by atoms with van der Waals surface area (Å²) in [5, 5.41) is 0. The van der Waals surface area contributed by atoms with Crippen molar-refractivity contribution in [3.63, 3.8) is 0 Å². The van der Waals surface area contributed by atoms with Gasteiger partial charge in [-0.1, -0.05) is 301 Å². The number of phosphoric acid groups is 1. The predicted octanol–water partition coefficient (Wildman–Crippen LogP) is 22.7. The van der Waals surface area contributed by atoms with Crippen LogP contribution in [0.15, 0.2) is 146 Å². The van der Waals surface area contributed by atoms with Crippen molar-refractivity contribution in [3.05, 3.63) is 146 Å². The van der Waals surface area contributed by atoms with E-state index >= 15 is 0 Å². The van der Waals surface area contributed by atoms with Crippen molar-refractivity contribution in [2.75, 3.05) is 47.5 Å². The summed E-state index contributed by atoms with van der Waals surface area (Å²) < 4.78 is 34.3. The first-order valence-corrected chi connectivity index (χ1v) is 37.0. The van der Waals surface area contributed by atoms with Gasteiger partial charge in [0.2, 0.25) is 0 Å². The van der Waals surface area contributed by atoms with Gasteiger partial charge < -0.3 is 27.9 Å². The maximum atomic E-state index is 12.9. The number of phosphoric ester groups is 1. The standard InChI is InChI=1S/C78H132NO8P/c1-6-8-10-12-14-16-18-20-22-24-26-28-30-31-32-33-34-35-36-37-38-39-40-41-42-43-44-45-46-47-49-51-53-55-57-59-61-63-65-67-69-71-78(81)87-76(75-86-88(82,83)85-73-72-79(3,4)5)74-84-77(80)70-68-66-64-62-60-58-56-54-52-50-48-29-27-25-23-21-19-17-15-13-11-9-7-2/h8-11,14-17,20-23,26-29,31-32,34-35,50,52,56,58,76H,6-7,12-13,18-19,24-25,30,33,36-49,51,53-55,57,59-75H2,1-5H3/b10-8-,11-9-,16-14-,17-15-,22-20-,23-21-,28-26-,29-27-,32-31-,35-34-,52-50-,58-56-. The van der Waals surface area contributed by atoms with Gasteiger partial charge in [0.25, 0.3) is 7.82 Å². The molecule has 0 fully saturated rings. The first-order chi connectivity index (χ1) is 43.0. The fourth-order valence-corrected chi connectivity index (χ4v) is 10.2. The fourth-order valence-electron chi connectivity index (χ4n) is 9.49. The molecule has 0 aliphatic rings. The Kier molecular flexibility index (Phi) is 64.1. The number of quaternary nitrogens is 1. The third-order valence-electron chi connectivity index (χ3n) is 14.9. The van der Waals surface area contributed by atoms with Crippen LogP contribution in [0.4, 0.5) is 0 Å². The van der Waals surface area contributed by atoms with Crippen LogP contribution < -0.4 is 4.89 Å². The molecule has 0 rings (SSSR count). The minimum absolute atomic E-state index is 0.0405. The number of rotatable bonds is 64. The van der Waals surface area contributed by atoms with Crippen molar-refractivity contribution < 1.29 is 42.1 Å². The van der Waals surface area contributed by atoms with Gasteiger partial charge in [0.15, 0.2) is 6.10 Å². The zero-order valence-corrected chi connectivity index (χ0v) is 58.0. The molecule has 0 amide bonds. The van der Waals surface area contributed by atoms with Crippen molar-refractivity contribution >= 4 is 19.8 Å². The Morgan fingerprint density at radius 3 is 0.909 bits per heavy atom. The van der Waals surface area contributed by atoms with E-state index in [-0.39, 0.29) is 26.1 Å². The lowest BCUT2D eigenvalue weighted by molar-refractivity contribution is -0.870. The predicted molar refractivity (Wildman–Crippen MR) is 378 cm³/mol. The van der Waals surface area contributed by atoms with Crippen LogP contribution in [0.5, 0.6) is 0 Å². The van der Waals surface area contributed by atoms with Crippen molar-refractivity contribution in [2.45, 2.75) is 290 Å². The van der Waals surface area contributed by atoms with Gasteiger partial charge in [-0.05, 0) is 116 Å². The maximum absolute atomic E-state index is 12.9. The van der Waals surface area contributed by atoms with Gasteiger partial charge in [-0.3, -0.25) is 14.2 Å². The highest BCUT2D eigenvalue weighted by Gasteiger charge is 2.22. The molecular weight excluding hydrogens is 1110 g/mol. The molecule has 0 aromatic heterocycles. The first kappa shape index (κ1) is 83.9. The largest absolute Gasteiger partial charge is 0.756 e. The topological polar surface area (TPSA) is 111 Å². The summed E-state index contributed by atoms with van der Waals surface area (Å²) in [5.74, 6) is -0.862. The smallest absolute Gasteiger partial charge is 0.306 e. The summed E-state index contributed by atoms with van der Waals surface area (Å²) in [6.45, 7) is 3.99. The van der Waals surface area contributed by atoms with Gasteiger partial charge in [-0.25, -0.2) is 0 Å². The number of allylic oxidation sites excluding steroid dienone is 24. The Balaban J connectivity index is 4.01. The zero-order chi connectivity index (χ0) is 64.1. The number of likely N-dealkylation sites (N-methyl/N-ethyl adjacent to an activating group) is 1. The molecule has 0 heterocycles. The lowest BCUT2D eigenvalue weighted by Crippen LogP contribution is -2.37. The van der Waals surface area contributed by atoms with E-state index < -0.39 is 32.5 Å². The molecule has 0 aromatic carbocycles. The number of hydrogen-bond donors (Lipinski definition) is 0. The molecule has 0 N–H and O–H groups in total. The minimum atomic E-state index is -4.66. The number of carbonyl (C=O) groups excluding carboxylic acids is 2. The van der Waals surface area contributed by atoms with Crippen LogP contribution in [0.3, 0.4) is 0 Å². The van der Waals surface area contributed by atoms with Crippen molar-refractivity contribution in [2.24, 2.45) is 0 Å². The molecule has 9 nitrogen and oxygen atoms in total. The van der Waals surface area contributed by atoms with Gasteiger partial charge in [-0.15, -0.1) is 0 Å². The third-order valence-corrected chi connectivity index (χ3v) is 15.8. The summed E-state index contributed by atoms with van der Waals surface area (Å²) in [6.07, 6.45) is 99.4. The normalized spacial score (nSPS) is 14.0. The molecule has 0 bridgehead atoms. The lowest BCUT2D eigenvalue weighted by Gasteiger charge is -2.28. The Labute approximate surface area is 542 Å². The number of unbranched alkanes of at least 4 members (excludes halogenated alkanes) is 26. The number of nitrogens with zero attached hydrogens (tertiary/aromatic N) is 1. The quantitative estimate of drug-likeness (QED) is 0.0195. The Bertz CT molecular complexity index is 2000. The fraction of sp³-hybridized carbons (Fsp3) is 0.667. The number of carbonyl (C=O) groups is 2. The zero-order valence-electron chi connectivity index (χ0n) is 57.1. The summed E-state index contributed by atoms with van der Waals surface area (Å²) in [6, 6.07) is 0. The molecule has 0 saturated carbocycles. The Morgan fingerprint density at radius 2 is 0.614 bits per heavy atom. The molecule has 2 atom stereocenters. The van der Waals surface area contributed by atoms with Gasteiger partial charge in [0.05, 0.1) is 27.7 Å². The van der Waals surface area contributed by atoms with E-state index in [9.17, 15) is 19.0 Å². The van der Waals surface area contributed by atoms with E-state index in [2.05, 4.69) is 160 Å². The molecule has 0 aliphatic heterocycles. The summed E-state index contributed by atoms with van der Waals surface area (Å²) in [4.78, 5) is 38.0. The molecule has 0 aromatic rings. The van der Waals surface area contributed by atoms with Crippen LogP contribution in [-0.2, 0) is 32.7 Å². The molecule has 0 aliphatic carbocycles. The molecular formula is C78H132NO8P. The van der Waals surface area contributed by atoms with Crippen LogP contribution in [0.2, 0.25) is 0 Å². The van der Waals surface area contributed by atoms with Crippen molar-refractivity contribution in [1.29, 1.82) is 0 Å². The molecule has 0 radical (unpaired) electrons. The summed E-state index contributed by atoms with van der Waals surface area (Å²) in [7, 11) is 1.14. The average Bonchev–Trinajstić information content (AvgIpc) is 3.58. The van der Waals surface area contributed by atoms with Crippen LogP contribution in [0.25, 0.3) is 0 Å². The third kappa shape index (κ3) is 71.0. The first-order valence-electron chi connectivity index (χ1n) is 35.5. The van der Waals surface area contributed by atoms with Crippen molar-refractivity contribution in [3.8, 4) is 0 Å². The second-order valence-corrected chi connectivity index (χ2v) is 25.9. The van der Waals surface area contributed by atoms with E-state index in [0.717, 1.165) is 122 Å². The molecule has 88 heavy (non-hydrogen) atoms. The molecule has 0 saturated heterocycles. The Morgan fingerprint density at radius 1 is 0.352 bits per heavy atom. The molecule has 2 unspecified atom stereocenters. The summed E-state index contributed by atoms with van der Waals surface area (Å²) in [5.41, 5.74) is 0. The monoisotopic (exact) mass is 1240 g/mol. The highest BCUT2D eigenvalue weighted by atomic mass is 31.2. The maximum Gasteiger partial charge on any atom is 0.306 e. The van der Waals surface area contributed by atoms with E-state index in [1.54, 1.807) is 0 Å². The second-order valence-electron chi connectivity index (χ2n) is 24.5. The van der Waals surface area contributed by atoms with Crippen LogP contribution >= 0.6 is 7.82 Å². The average molecular weight is 1240 g/mol. The number of esters is 2. The lowest BCUT2D eigenvalue weighted by atomic mass is 10.0. The number of hydrogen-bond acceptors (Lipinski definition) is 8.